The van der Waals surface area contributed by atoms with Crippen LogP contribution in [-0.4, -0.2) is 57.7 Å². The van der Waals surface area contributed by atoms with Gasteiger partial charge in [0, 0.05) is 20.1 Å². The van der Waals surface area contributed by atoms with E-state index in [0.717, 1.165) is 11.8 Å². The number of carbonyl (C=O) groups is 1. The van der Waals surface area contributed by atoms with Crippen LogP contribution in [0.4, 0.5) is 5.69 Å². The highest BCUT2D eigenvalue weighted by Crippen LogP contribution is 2.27. The zero-order valence-corrected chi connectivity index (χ0v) is 16.9. The molecule has 0 aliphatic rings. The Balaban J connectivity index is 2.14. The van der Waals surface area contributed by atoms with Crippen molar-refractivity contribution in [3.63, 3.8) is 0 Å². The van der Waals surface area contributed by atoms with Gasteiger partial charge in [-0.2, -0.15) is 4.31 Å². The quantitative estimate of drug-likeness (QED) is 0.648. The van der Waals surface area contributed by atoms with E-state index >= 15 is 0 Å². The Hall–Kier alpha value is -1.69. The van der Waals surface area contributed by atoms with Crippen molar-refractivity contribution in [2.75, 3.05) is 24.2 Å². The molecule has 0 radical (unpaired) electrons. The largest absolute Gasteiger partial charge is 0.324 e. The first-order valence-electron chi connectivity index (χ1n) is 7.74. The molecule has 0 fully saturated rings. The summed E-state index contributed by atoms with van der Waals surface area (Å²) in [6.45, 7) is 4.23. The lowest BCUT2D eigenvalue weighted by molar-refractivity contribution is -0.113. The maximum Gasteiger partial charge on any atom is 0.243 e. The Morgan fingerprint density at radius 3 is 2.62 bits per heavy atom. The molecule has 0 aliphatic carbocycles. The van der Waals surface area contributed by atoms with E-state index in [1.807, 2.05) is 0 Å². The summed E-state index contributed by atoms with van der Waals surface area (Å²) in [5, 5.41) is 14.3. The fourth-order valence-electron chi connectivity index (χ4n) is 2.13. The molecule has 142 valence electrons. The van der Waals surface area contributed by atoms with E-state index in [0.29, 0.717) is 18.2 Å². The van der Waals surface area contributed by atoms with Gasteiger partial charge in [0.15, 0.2) is 0 Å². The molecule has 26 heavy (non-hydrogen) atoms. The average Bonchev–Trinajstić information content (AvgIpc) is 3.00. The fraction of sp³-hybridized carbons (Fsp3) is 0.429. The molecular weight excluding hydrogens is 400 g/mol. The number of anilines is 1. The number of hydrogen-bond acceptors (Lipinski definition) is 7. The number of benzene rings is 1. The van der Waals surface area contributed by atoms with E-state index in [1.165, 1.54) is 27.2 Å². The SMILES string of the molecule is CCN(CC)S(=O)(=O)c1ccc(Cl)c(NC(=O)CSc2nnnn2C)c1. The highest BCUT2D eigenvalue weighted by Gasteiger charge is 2.22. The van der Waals surface area contributed by atoms with Crippen LogP contribution in [0.5, 0.6) is 0 Å². The van der Waals surface area contributed by atoms with Crippen LogP contribution in [0.15, 0.2) is 28.3 Å². The monoisotopic (exact) mass is 418 g/mol. The Kier molecular flexibility index (Phi) is 6.98. The first kappa shape index (κ1) is 20.6. The zero-order chi connectivity index (χ0) is 19.3. The van der Waals surface area contributed by atoms with Gasteiger partial charge in [-0.1, -0.05) is 37.2 Å². The fourth-order valence-corrected chi connectivity index (χ4v) is 4.43. The third-order valence-electron chi connectivity index (χ3n) is 3.47. The topological polar surface area (TPSA) is 110 Å². The maximum absolute atomic E-state index is 12.6. The van der Waals surface area contributed by atoms with Gasteiger partial charge in [-0.05, 0) is 28.6 Å². The van der Waals surface area contributed by atoms with E-state index in [-0.39, 0.29) is 27.3 Å². The van der Waals surface area contributed by atoms with E-state index in [1.54, 1.807) is 20.9 Å². The molecular formula is C14H19ClN6O3S2. The van der Waals surface area contributed by atoms with Crippen molar-refractivity contribution < 1.29 is 13.2 Å². The van der Waals surface area contributed by atoms with Crippen LogP contribution in [0.25, 0.3) is 0 Å². The molecule has 2 rings (SSSR count). The molecule has 1 amide bonds. The number of sulfonamides is 1. The molecule has 1 aromatic carbocycles. The van der Waals surface area contributed by atoms with Crippen molar-refractivity contribution >= 4 is 45.0 Å². The van der Waals surface area contributed by atoms with Gasteiger partial charge in [-0.15, -0.1) is 5.10 Å². The zero-order valence-electron chi connectivity index (χ0n) is 14.5. The van der Waals surface area contributed by atoms with Crippen LogP contribution in [-0.2, 0) is 21.9 Å². The van der Waals surface area contributed by atoms with E-state index in [9.17, 15) is 13.2 Å². The molecule has 0 aliphatic heterocycles. The number of aromatic nitrogens is 4. The second-order valence-electron chi connectivity index (χ2n) is 5.15. The molecule has 2 aromatic rings. The van der Waals surface area contributed by atoms with Crippen LogP contribution in [0, 0.1) is 0 Å². The highest BCUT2D eigenvalue weighted by molar-refractivity contribution is 7.99. The molecule has 0 spiro atoms. The Morgan fingerprint density at radius 2 is 2.04 bits per heavy atom. The average molecular weight is 419 g/mol. The van der Waals surface area contributed by atoms with Crippen molar-refractivity contribution in [1.82, 2.24) is 24.5 Å². The van der Waals surface area contributed by atoms with Crippen molar-refractivity contribution in [2.45, 2.75) is 23.9 Å². The summed E-state index contributed by atoms with van der Waals surface area (Å²) in [5.41, 5.74) is 0.238. The normalized spacial score (nSPS) is 11.7. The Morgan fingerprint density at radius 1 is 1.35 bits per heavy atom. The van der Waals surface area contributed by atoms with Gasteiger partial charge in [-0.25, -0.2) is 13.1 Å². The summed E-state index contributed by atoms with van der Waals surface area (Å²) in [6.07, 6.45) is 0. The van der Waals surface area contributed by atoms with Gasteiger partial charge in [0.05, 0.1) is 21.4 Å². The number of nitrogens with one attached hydrogen (secondary N) is 1. The molecule has 1 aromatic heterocycles. The Labute approximate surface area is 161 Å². The smallest absolute Gasteiger partial charge is 0.243 e. The summed E-state index contributed by atoms with van der Waals surface area (Å²) in [6, 6.07) is 4.24. The summed E-state index contributed by atoms with van der Waals surface area (Å²) >= 11 is 7.25. The van der Waals surface area contributed by atoms with Gasteiger partial charge >= 0.3 is 0 Å². The molecule has 1 heterocycles. The Bertz CT molecular complexity index is 883. The van der Waals surface area contributed by atoms with Crippen LogP contribution in [0.3, 0.4) is 0 Å². The number of aryl methyl sites for hydroxylation is 1. The molecule has 0 bridgehead atoms. The molecule has 9 nitrogen and oxygen atoms in total. The lowest BCUT2D eigenvalue weighted by Gasteiger charge is -2.19. The standard InChI is InChI=1S/C14H19ClN6O3S2/c1-4-21(5-2)26(23,24)10-6-7-11(15)12(8-10)16-13(22)9-25-14-17-18-19-20(14)3/h6-8H,4-5,9H2,1-3H3,(H,16,22). The third-order valence-corrected chi connectivity index (χ3v) is 6.85. The number of rotatable bonds is 8. The second-order valence-corrected chi connectivity index (χ2v) is 8.44. The van der Waals surface area contributed by atoms with Crippen LogP contribution in [0.2, 0.25) is 5.02 Å². The second kappa shape index (κ2) is 8.80. The van der Waals surface area contributed by atoms with Crippen LogP contribution >= 0.6 is 23.4 Å². The predicted molar refractivity (Wildman–Crippen MR) is 99.7 cm³/mol. The number of tetrazole rings is 1. The minimum absolute atomic E-state index is 0.0531. The number of halogens is 1. The summed E-state index contributed by atoms with van der Waals surface area (Å²) in [4.78, 5) is 12.2. The van der Waals surface area contributed by atoms with Gasteiger partial charge < -0.3 is 5.32 Å². The number of hydrogen-bond donors (Lipinski definition) is 1. The molecule has 1 N–H and O–H groups in total. The van der Waals surface area contributed by atoms with Gasteiger partial charge in [0.1, 0.15) is 0 Å². The van der Waals surface area contributed by atoms with Crippen molar-refractivity contribution in [1.29, 1.82) is 0 Å². The van der Waals surface area contributed by atoms with Crippen molar-refractivity contribution in [2.24, 2.45) is 7.05 Å². The molecule has 0 atom stereocenters. The number of amides is 1. The molecule has 0 unspecified atom stereocenters. The molecule has 0 saturated carbocycles. The number of thioether (sulfide) groups is 1. The summed E-state index contributed by atoms with van der Waals surface area (Å²) < 4.78 is 28.0. The van der Waals surface area contributed by atoms with E-state index in [2.05, 4.69) is 20.8 Å². The molecule has 12 heteroatoms. The van der Waals surface area contributed by atoms with Crippen molar-refractivity contribution in [3.05, 3.63) is 23.2 Å². The lowest BCUT2D eigenvalue weighted by Crippen LogP contribution is -2.30. The van der Waals surface area contributed by atoms with Crippen LogP contribution in [0.1, 0.15) is 13.8 Å². The highest BCUT2D eigenvalue weighted by atomic mass is 35.5. The summed E-state index contributed by atoms with van der Waals surface area (Å²) in [7, 11) is -1.98. The van der Waals surface area contributed by atoms with Gasteiger partial charge in [0.2, 0.25) is 21.1 Å². The van der Waals surface area contributed by atoms with E-state index in [4.69, 9.17) is 11.6 Å². The number of nitrogens with zero attached hydrogens (tertiary/aromatic N) is 5. The maximum atomic E-state index is 12.6. The van der Waals surface area contributed by atoms with Crippen LogP contribution < -0.4 is 5.32 Å². The van der Waals surface area contributed by atoms with Gasteiger partial charge in [0.25, 0.3) is 0 Å². The predicted octanol–water partition coefficient (Wildman–Crippen LogP) is 1.62. The van der Waals surface area contributed by atoms with Gasteiger partial charge in [-0.3, -0.25) is 4.79 Å². The van der Waals surface area contributed by atoms with Crippen molar-refractivity contribution in [3.8, 4) is 0 Å². The minimum Gasteiger partial charge on any atom is -0.324 e. The summed E-state index contributed by atoms with van der Waals surface area (Å²) in [5.74, 6) is -0.297. The first-order valence-corrected chi connectivity index (χ1v) is 10.5. The third kappa shape index (κ3) is 4.72. The minimum atomic E-state index is -3.64. The lowest BCUT2D eigenvalue weighted by atomic mass is 10.3. The number of carbonyl (C=O) groups excluding carboxylic acids is 1. The van der Waals surface area contributed by atoms with E-state index < -0.39 is 10.0 Å². The molecule has 0 saturated heterocycles. The first-order chi connectivity index (χ1) is 12.3.